The zero-order chi connectivity index (χ0) is 20.8. The lowest BCUT2D eigenvalue weighted by Gasteiger charge is -2.16. The van der Waals surface area contributed by atoms with Gasteiger partial charge in [-0.15, -0.1) is 0 Å². The molecule has 0 aliphatic rings. The quantitative estimate of drug-likeness (QED) is 0.503. The van der Waals surface area contributed by atoms with E-state index in [1.807, 2.05) is 55.5 Å². The molecule has 5 nitrogen and oxygen atoms in total. The fourth-order valence-electron chi connectivity index (χ4n) is 2.80. The molecule has 150 valence electrons. The Morgan fingerprint density at radius 3 is 2.21 bits per heavy atom. The van der Waals surface area contributed by atoms with Crippen LogP contribution in [0.4, 0.5) is 5.69 Å². The summed E-state index contributed by atoms with van der Waals surface area (Å²) in [5.41, 5.74) is 3.20. The van der Waals surface area contributed by atoms with E-state index in [1.54, 1.807) is 12.1 Å². The predicted octanol–water partition coefficient (Wildman–Crippen LogP) is 5.61. The van der Waals surface area contributed by atoms with Crippen molar-refractivity contribution in [1.29, 1.82) is 0 Å². The number of nitrogens with one attached hydrogen (secondary N) is 1. The lowest BCUT2D eigenvalue weighted by molar-refractivity contribution is 0.102. The summed E-state index contributed by atoms with van der Waals surface area (Å²) >= 11 is 3.47. The molecular weight excluding hydrogens is 434 g/mol. The smallest absolute Gasteiger partial charge is 0.255 e. The highest BCUT2D eigenvalue weighted by Crippen LogP contribution is 2.39. The van der Waals surface area contributed by atoms with Crippen LogP contribution in [0.2, 0.25) is 0 Å². The van der Waals surface area contributed by atoms with Crippen molar-refractivity contribution >= 4 is 27.5 Å². The number of hydrogen-bond acceptors (Lipinski definition) is 4. The van der Waals surface area contributed by atoms with Crippen molar-refractivity contribution in [1.82, 2.24) is 0 Å². The molecule has 1 N–H and O–H groups in total. The summed E-state index contributed by atoms with van der Waals surface area (Å²) in [7, 11) is 3.06. The van der Waals surface area contributed by atoms with Crippen molar-refractivity contribution in [3.05, 3.63) is 81.8 Å². The van der Waals surface area contributed by atoms with Gasteiger partial charge in [0.25, 0.3) is 5.91 Å². The first-order chi connectivity index (χ1) is 14.0. The van der Waals surface area contributed by atoms with E-state index in [9.17, 15) is 4.79 Å². The monoisotopic (exact) mass is 455 g/mol. The molecule has 0 aliphatic heterocycles. The second-order valence-corrected chi connectivity index (χ2v) is 7.28. The standard InChI is InChI=1S/C23H22BrNO4/c1-15-9-10-19(18(24)11-15)25-23(26)17-12-20(27-2)22(21(13-17)28-3)29-14-16-7-5-4-6-8-16/h4-13H,14H2,1-3H3,(H,25,26). The van der Waals surface area contributed by atoms with Gasteiger partial charge in [0.2, 0.25) is 5.75 Å². The van der Waals surface area contributed by atoms with E-state index in [-0.39, 0.29) is 5.91 Å². The molecule has 1 amide bonds. The maximum absolute atomic E-state index is 12.8. The highest BCUT2D eigenvalue weighted by molar-refractivity contribution is 9.10. The van der Waals surface area contributed by atoms with Crippen LogP contribution >= 0.6 is 15.9 Å². The second-order valence-electron chi connectivity index (χ2n) is 6.42. The van der Waals surface area contributed by atoms with E-state index in [1.165, 1.54) is 14.2 Å². The normalized spacial score (nSPS) is 10.3. The van der Waals surface area contributed by atoms with Crippen LogP contribution in [0.5, 0.6) is 17.2 Å². The summed E-state index contributed by atoms with van der Waals surface area (Å²) in [5.74, 6) is 1.02. The first kappa shape index (κ1) is 20.7. The predicted molar refractivity (Wildman–Crippen MR) is 117 cm³/mol. The van der Waals surface area contributed by atoms with Crippen molar-refractivity contribution in [2.24, 2.45) is 0 Å². The van der Waals surface area contributed by atoms with Gasteiger partial charge in [-0.3, -0.25) is 4.79 Å². The van der Waals surface area contributed by atoms with Gasteiger partial charge in [-0.2, -0.15) is 0 Å². The number of rotatable bonds is 7. The van der Waals surface area contributed by atoms with Gasteiger partial charge in [-0.25, -0.2) is 0 Å². The van der Waals surface area contributed by atoms with Crippen molar-refractivity contribution in [2.45, 2.75) is 13.5 Å². The molecule has 29 heavy (non-hydrogen) atoms. The third-order valence-electron chi connectivity index (χ3n) is 4.32. The Labute approximate surface area is 178 Å². The minimum absolute atomic E-state index is 0.277. The Hall–Kier alpha value is -2.99. The molecule has 0 spiro atoms. The topological polar surface area (TPSA) is 56.8 Å². The fourth-order valence-corrected chi connectivity index (χ4v) is 3.39. The van der Waals surface area contributed by atoms with Crippen LogP contribution in [0.25, 0.3) is 0 Å². The minimum Gasteiger partial charge on any atom is -0.493 e. The van der Waals surface area contributed by atoms with Gasteiger partial charge in [0.1, 0.15) is 6.61 Å². The van der Waals surface area contributed by atoms with Gasteiger partial charge >= 0.3 is 0 Å². The highest BCUT2D eigenvalue weighted by atomic mass is 79.9. The molecule has 0 saturated heterocycles. The van der Waals surface area contributed by atoms with Crippen molar-refractivity contribution in [2.75, 3.05) is 19.5 Å². The maximum Gasteiger partial charge on any atom is 0.255 e. The average Bonchev–Trinajstić information content (AvgIpc) is 2.74. The van der Waals surface area contributed by atoms with Crippen LogP contribution in [0.15, 0.2) is 65.1 Å². The van der Waals surface area contributed by atoms with Crippen molar-refractivity contribution in [3.8, 4) is 17.2 Å². The lowest BCUT2D eigenvalue weighted by atomic mass is 10.1. The van der Waals surface area contributed by atoms with Crippen LogP contribution in [0.3, 0.4) is 0 Å². The summed E-state index contributed by atoms with van der Waals surface area (Å²) in [6, 6.07) is 18.8. The first-order valence-corrected chi connectivity index (χ1v) is 9.81. The molecule has 6 heteroatoms. The minimum atomic E-state index is -0.277. The van der Waals surface area contributed by atoms with E-state index < -0.39 is 0 Å². The SMILES string of the molecule is COc1cc(C(=O)Nc2ccc(C)cc2Br)cc(OC)c1OCc1ccccc1. The van der Waals surface area contributed by atoms with E-state index in [0.29, 0.717) is 35.1 Å². The Morgan fingerprint density at radius 1 is 0.966 bits per heavy atom. The average molecular weight is 456 g/mol. The van der Waals surface area contributed by atoms with Gasteiger partial charge in [0, 0.05) is 10.0 Å². The fraction of sp³-hybridized carbons (Fsp3) is 0.174. The van der Waals surface area contributed by atoms with E-state index in [0.717, 1.165) is 15.6 Å². The molecule has 0 unspecified atom stereocenters. The summed E-state index contributed by atoms with van der Waals surface area (Å²) in [5, 5.41) is 2.90. The number of ether oxygens (including phenoxy) is 3. The highest BCUT2D eigenvalue weighted by Gasteiger charge is 2.18. The van der Waals surface area contributed by atoms with Crippen LogP contribution in [0.1, 0.15) is 21.5 Å². The number of aryl methyl sites for hydroxylation is 1. The van der Waals surface area contributed by atoms with Gasteiger partial charge < -0.3 is 19.5 Å². The summed E-state index contributed by atoms with van der Waals surface area (Å²) < 4.78 is 17.7. The molecule has 0 bridgehead atoms. The molecule has 0 radical (unpaired) electrons. The van der Waals surface area contributed by atoms with Crippen molar-refractivity contribution in [3.63, 3.8) is 0 Å². The molecule has 0 aromatic heterocycles. The zero-order valence-electron chi connectivity index (χ0n) is 16.5. The van der Waals surface area contributed by atoms with E-state index >= 15 is 0 Å². The van der Waals surface area contributed by atoms with Crippen molar-refractivity contribution < 1.29 is 19.0 Å². The van der Waals surface area contributed by atoms with Crippen LogP contribution in [0, 0.1) is 6.92 Å². The molecule has 0 atom stereocenters. The zero-order valence-corrected chi connectivity index (χ0v) is 18.1. The summed E-state index contributed by atoms with van der Waals surface area (Å²) in [4.78, 5) is 12.8. The molecule has 0 aliphatic carbocycles. The van der Waals surface area contributed by atoms with Crippen LogP contribution in [-0.4, -0.2) is 20.1 Å². The lowest BCUT2D eigenvalue weighted by Crippen LogP contribution is -2.13. The second kappa shape index (κ2) is 9.47. The molecule has 3 aromatic carbocycles. The molecule has 3 rings (SSSR count). The number of carbonyl (C=O) groups excluding carboxylic acids is 1. The maximum atomic E-state index is 12.8. The van der Waals surface area contributed by atoms with Gasteiger partial charge in [-0.1, -0.05) is 36.4 Å². The van der Waals surface area contributed by atoms with Gasteiger partial charge in [0.05, 0.1) is 19.9 Å². The van der Waals surface area contributed by atoms with Gasteiger partial charge in [-0.05, 0) is 58.2 Å². The van der Waals surface area contributed by atoms with E-state index in [2.05, 4.69) is 21.2 Å². The largest absolute Gasteiger partial charge is 0.493 e. The number of carbonyl (C=O) groups is 1. The number of anilines is 1. The molecular formula is C23H22BrNO4. The Bertz CT molecular complexity index is 980. The number of hydrogen-bond donors (Lipinski definition) is 1. The molecule has 0 saturated carbocycles. The number of amides is 1. The molecule has 3 aromatic rings. The third-order valence-corrected chi connectivity index (χ3v) is 4.98. The number of methoxy groups -OCH3 is 2. The van der Waals surface area contributed by atoms with Gasteiger partial charge in [0.15, 0.2) is 11.5 Å². The summed E-state index contributed by atoms with van der Waals surface area (Å²) in [6.07, 6.45) is 0. The number of halogens is 1. The first-order valence-electron chi connectivity index (χ1n) is 9.02. The summed E-state index contributed by atoms with van der Waals surface area (Å²) in [6.45, 7) is 2.34. The van der Waals surface area contributed by atoms with E-state index in [4.69, 9.17) is 14.2 Å². The Morgan fingerprint density at radius 2 is 1.62 bits per heavy atom. The third kappa shape index (κ3) is 5.09. The van der Waals surface area contributed by atoms with Crippen LogP contribution < -0.4 is 19.5 Å². The number of benzene rings is 3. The van der Waals surface area contributed by atoms with Crippen LogP contribution in [-0.2, 0) is 6.61 Å². The molecule has 0 fully saturated rings. The molecule has 0 heterocycles. The Kier molecular flexibility index (Phi) is 6.77. The Balaban J connectivity index is 1.85.